The van der Waals surface area contributed by atoms with E-state index in [0.717, 1.165) is 4.31 Å². The number of nitrogens with zero attached hydrogens (tertiary/aromatic N) is 1. The molecule has 0 aromatic carbocycles. The zero-order valence-electron chi connectivity index (χ0n) is 8.77. The minimum Gasteiger partial charge on any atom is -0.443 e. The average Bonchev–Trinajstić information content (AvgIpc) is 2.27. The van der Waals surface area contributed by atoms with Gasteiger partial charge in [-0.2, -0.15) is 4.31 Å². The predicted octanol–water partition coefficient (Wildman–Crippen LogP) is 1.22. The van der Waals surface area contributed by atoms with Gasteiger partial charge in [-0.25, -0.2) is 9.00 Å². The lowest BCUT2D eigenvalue weighted by molar-refractivity contribution is 0.0372. The highest BCUT2D eigenvalue weighted by atomic mass is 32.2. The summed E-state index contributed by atoms with van der Waals surface area (Å²) in [5.74, 6) is 0. The van der Waals surface area contributed by atoms with Crippen molar-refractivity contribution in [3.8, 4) is 0 Å². The van der Waals surface area contributed by atoms with Crippen molar-refractivity contribution in [1.29, 1.82) is 0 Å². The molecule has 1 fully saturated rings. The summed E-state index contributed by atoms with van der Waals surface area (Å²) in [5, 5.41) is 0. The summed E-state index contributed by atoms with van der Waals surface area (Å²) in [6.07, 6.45) is -0.596. The third-order valence-electron chi connectivity index (χ3n) is 1.54. The predicted molar refractivity (Wildman–Crippen MR) is 51.6 cm³/mol. The van der Waals surface area contributed by atoms with Crippen LogP contribution in [0.1, 0.15) is 27.7 Å². The molecule has 0 bridgehead atoms. The zero-order chi connectivity index (χ0) is 10.9. The van der Waals surface area contributed by atoms with E-state index < -0.39 is 23.0 Å². The molecule has 0 radical (unpaired) electrons. The topological polar surface area (TPSA) is 55.8 Å². The van der Waals surface area contributed by atoms with Gasteiger partial charge in [0, 0.05) is 0 Å². The molecule has 0 saturated carbocycles. The number of carbonyl (C=O) groups is 1. The van der Waals surface area contributed by atoms with Crippen LogP contribution in [-0.4, -0.2) is 32.9 Å². The van der Waals surface area contributed by atoms with Gasteiger partial charge in [-0.05, 0) is 27.7 Å². The quantitative estimate of drug-likeness (QED) is 0.617. The fraction of sp³-hybridized carbons (Fsp3) is 0.875. The molecular formula is C8H15NO4S. The van der Waals surface area contributed by atoms with Gasteiger partial charge in [0.1, 0.15) is 5.60 Å². The van der Waals surface area contributed by atoms with Crippen LogP contribution in [-0.2, 0) is 20.2 Å². The summed E-state index contributed by atoms with van der Waals surface area (Å²) in [4.78, 5) is 11.5. The maximum atomic E-state index is 11.5. The van der Waals surface area contributed by atoms with Crippen LogP contribution < -0.4 is 0 Å². The van der Waals surface area contributed by atoms with Crippen molar-refractivity contribution in [1.82, 2.24) is 4.31 Å². The van der Waals surface area contributed by atoms with Crippen molar-refractivity contribution in [2.75, 3.05) is 6.61 Å². The largest absolute Gasteiger partial charge is 0.443 e. The van der Waals surface area contributed by atoms with Crippen LogP contribution in [0.15, 0.2) is 0 Å². The van der Waals surface area contributed by atoms with Gasteiger partial charge in [-0.15, -0.1) is 0 Å². The second-order valence-corrected chi connectivity index (χ2v) is 5.22. The molecule has 0 aromatic rings. The molecule has 1 aliphatic rings. The maximum absolute atomic E-state index is 11.5. The molecule has 6 heteroatoms. The summed E-state index contributed by atoms with van der Waals surface area (Å²) in [7, 11) is 0. The van der Waals surface area contributed by atoms with Gasteiger partial charge in [0.05, 0.1) is 12.6 Å². The highest BCUT2D eigenvalue weighted by molar-refractivity contribution is 7.78. The van der Waals surface area contributed by atoms with Gasteiger partial charge < -0.3 is 4.74 Å². The van der Waals surface area contributed by atoms with Gasteiger partial charge in [-0.3, -0.25) is 4.18 Å². The van der Waals surface area contributed by atoms with E-state index in [2.05, 4.69) is 0 Å². The standard InChI is InChI=1S/C8H15NO4S/c1-6-5-12-14(11)9(6)7(10)13-8(2,3)4/h6H,5H2,1-4H3/t6-,14?/m1/s1. The number of amides is 1. The van der Waals surface area contributed by atoms with Crippen LogP contribution in [0.25, 0.3) is 0 Å². The Balaban J connectivity index is 2.65. The molecule has 1 saturated heterocycles. The van der Waals surface area contributed by atoms with Gasteiger partial charge in [0.2, 0.25) is 0 Å². The minimum absolute atomic E-state index is 0.203. The molecule has 0 N–H and O–H groups in total. The number of hydrogen-bond acceptors (Lipinski definition) is 4. The average molecular weight is 221 g/mol. The van der Waals surface area contributed by atoms with Crippen molar-refractivity contribution in [3.63, 3.8) is 0 Å². The molecule has 1 aliphatic heterocycles. The molecule has 1 heterocycles. The molecule has 2 atom stereocenters. The highest BCUT2D eigenvalue weighted by Gasteiger charge is 2.36. The summed E-state index contributed by atoms with van der Waals surface area (Å²) >= 11 is -1.70. The Hall–Kier alpha value is -0.620. The lowest BCUT2D eigenvalue weighted by Crippen LogP contribution is -2.39. The van der Waals surface area contributed by atoms with E-state index in [9.17, 15) is 9.00 Å². The molecule has 82 valence electrons. The van der Waals surface area contributed by atoms with Crippen LogP contribution in [0, 0.1) is 0 Å². The SMILES string of the molecule is C[C@@H]1COS(=O)N1C(=O)OC(C)(C)C. The molecule has 0 spiro atoms. The Morgan fingerprint density at radius 3 is 2.50 bits per heavy atom. The molecule has 0 aromatic heterocycles. The first-order chi connectivity index (χ1) is 6.31. The molecule has 5 nitrogen and oxygen atoms in total. The summed E-state index contributed by atoms with van der Waals surface area (Å²) in [6.45, 7) is 7.32. The lowest BCUT2D eigenvalue weighted by atomic mass is 10.2. The first-order valence-electron chi connectivity index (χ1n) is 4.38. The summed E-state index contributed by atoms with van der Waals surface area (Å²) < 4.78 is 22.2. The van der Waals surface area contributed by atoms with E-state index in [1.54, 1.807) is 27.7 Å². The Bertz CT molecular complexity index is 261. The number of rotatable bonds is 0. The fourth-order valence-corrected chi connectivity index (χ4v) is 1.92. The van der Waals surface area contributed by atoms with Crippen molar-refractivity contribution in [2.24, 2.45) is 0 Å². The van der Waals surface area contributed by atoms with Crippen LogP contribution >= 0.6 is 0 Å². The number of ether oxygens (including phenoxy) is 1. The first kappa shape index (κ1) is 11.5. The Labute approximate surface area is 86.2 Å². The van der Waals surface area contributed by atoms with Gasteiger partial charge >= 0.3 is 6.09 Å². The van der Waals surface area contributed by atoms with Crippen molar-refractivity contribution >= 4 is 17.4 Å². The second kappa shape index (κ2) is 3.86. The summed E-state index contributed by atoms with van der Waals surface area (Å²) in [5.41, 5.74) is -0.580. The Morgan fingerprint density at radius 1 is 1.57 bits per heavy atom. The van der Waals surface area contributed by atoms with Crippen molar-refractivity contribution in [2.45, 2.75) is 39.3 Å². The van der Waals surface area contributed by atoms with Crippen LogP contribution in [0.4, 0.5) is 4.79 Å². The van der Waals surface area contributed by atoms with Gasteiger partial charge in [-0.1, -0.05) is 0 Å². The maximum Gasteiger partial charge on any atom is 0.424 e. The third kappa shape index (κ3) is 2.68. The van der Waals surface area contributed by atoms with Crippen molar-refractivity contribution < 1.29 is 17.9 Å². The van der Waals surface area contributed by atoms with E-state index in [-0.39, 0.29) is 12.6 Å². The van der Waals surface area contributed by atoms with E-state index in [1.807, 2.05) is 0 Å². The number of hydrogen-bond donors (Lipinski definition) is 0. The van der Waals surface area contributed by atoms with Gasteiger partial charge in [0.15, 0.2) is 0 Å². The summed E-state index contributed by atoms with van der Waals surface area (Å²) in [6, 6.07) is -0.203. The van der Waals surface area contributed by atoms with E-state index in [0.29, 0.717) is 0 Å². The molecular weight excluding hydrogens is 206 g/mol. The van der Waals surface area contributed by atoms with E-state index >= 15 is 0 Å². The van der Waals surface area contributed by atoms with E-state index in [4.69, 9.17) is 8.92 Å². The molecule has 1 amide bonds. The number of carbonyl (C=O) groups excluding carboxylic acids is 1. The highest BCUT2D eigenvalue weighted by Crippen LogP contribution is 2.18. The monoisotopic (exact) mass is 221 g/mol. The van der Waals surface area contributed by atoms with Gasteiger partial charge in [0.25, 0.3) is 11.3 Å². The van der Waals surface area contributed by atoms with Crippen LogP contribution in [0.2, 0.25) is 0 Å². The van der Waals surface area contributed by atoms with Crippen LogP contribution in [0.5, 0.6) is 0 Å². The zero-order valence-corrected chi connectivity index (χ0v) is 9.59. The molecule has 14 heavy (non-hydrogen) atoms. The Kier molecular flexibility index (Phi) is 3.16. The lowest BCUT2D eigenvalue weighted by Gasteiger charge is -2.24. The second-order valence-electron chi connectivity index (χ2n) is 4.16. The molecule has 0 aliphatic carbocycles. The fourth-order valence-electron chi connectivity index (χ4n) is 0.976. The normalized spacial score (nSPS) is 27.9. The first-order valence-corrected chi connectivity index (χ1v) is 5.42. The van der Waals surface area contributed by atoms with E-state index in [1.165, 1.54) is 0 Å². The minimum atomic E-state index is -1.70. The Morgan fingerprint density at radius 2 is 2.14 bits per heavy atom. The molecule has 1 unspecified atom stereocenters. The smallest absolute Gasteiger partial charge is 0.424 e. The van der Waals surface area contributed by atoms with Crippen LogP contribution in [0.3, 0.4) is 0 Å². The van der Waals surface area contributed by atoms with Crippen molar-refractivity contribution in [3.05, 3.63) is 0 Å². The molecule has 1 rings (SSSR count). The third-order valence-corrected chi connectivity index (χ3v) is 2.71.